The van der Waals surface area contributed by atoms with E-state index >= 15 is 0 Å². The maximum absolute atomic E-state index is 6.21. The highest BCUT2D eigenvalue weighted by molar-refractivity contribution is 6.62. The van der Waals surface area contributed by atoms with Crippen molar-refractivity contribution in [2.75, 3.05) is 13.2 Å². The Morgan fingerprint density at radius 3 is 2.61 bits per heavy atom. The van der Waals surface area contributed by atoms with Crippen LogP contribution in [0.1, 0.15) is 52.5 Å². The van der Waals surface area contributed by atoms with Crippen LogP contribution in [-0.2, 0) is 9.31 Å². The van der Waals surface area contributed by atoms with E-state index in [1.807, 2.05) is 0 Å². The van der Waals surface area contributed by atoms with Crippen molar-refractivity contribution in [3.05, 3.63) is 23.8 Å². The number of ether oxygens (including phenoxy) is 1. The zero-order valence-corrected chi connectivity index (χ0v) is 17.2. The number of nitrogens with zero attached hydrogens (tertiary/aromatic N) is 1. The summed E-state index contributed by atoms with van der Waals surface area (Å²) in [5, 5.41) is 7.29. The molecular formula is C21H30BN3O3. The first-order chi connectivity index (χ1) is 13.3. The van der Waals surface area contributed by atoms with E-state index in [0.29, 0.717) is 12.6 Å². The van der Waals surface area contributed by atoms with Gasteiger partial charge in [0.25, 0.3) is 0 Å². The Bertz CT molecular complexity index is 788. The molecule has 0 radical (unpaired) electrons. The summed E-state index contributed by atoms with van der Waals surface area (Å²) < 4.78 is 18.5. The number of rotatable bonds is 2. The second kappa shape index (κ2) is 6.56. The third kappa shape index (κ3) is 3.00. The molecule has 5 rings (SSSR count). The maximum atomic E-state index is 6.21. The van der Waals surface area contributed by atoms with Gasteiger partial charge in [-0.3, -0.25) is 10.3 Å². The van der Waals surface area contributed by atoms with Crippen LogP contribution in [0.4, 0.5) is 0 Å². The molecular weight excluding hydrogens is 353 g/mol. The van der Waals surface area contributed by atoms with E-state index in [2.05, 4.69) is 56.5 Å². The molecule has 28 heavy (non-hydrogen) atoms. The van der Waals surface area contributed by atoms with Gasteiger partial charge in [-0.05, 0) is 64.7 Å². The highest BCUT2D eigenvalue weighted by Gasteiger charge is 2.52. The molecule has 150 valence electrons. The van der Waals surface area contributed by atoms with Crippen LogP contribution in [0.2, 0.25) is 0 Å². The van der Waals surface area contributed by atoms with Gasteiger partial charge in [-0.2, -0.15) is 0 Å². The lowest BCUT2D eigenvalue weighted by Gasteiger charge is -2.32. The Kier molecular flexibility index (Phi) is 4.36. The number of hydrogen-bond donors (Lipinski definition) is 2. The maximum Gasteiger partial charge on any atom is 0.494 e. The third-order valence-corrected chi connectivity index (χ3v) is 6.93. The summed E-state index contributed by atoms with van der Waals surface area (Å²) in [6, 6.07) is 6.99. The molecule has 6 nitrogen and oxygen atoms in total. The normalized spacial score (nSPS) is 33.1. The minimum Gasteiger partial charge on any atom is -0.493 e. The van der Waals surface area contributed by atoms with Crippen molar-refractivity contribution in [2.45, 2.75) is 76.4 Å². The smallest absolute Gasteiger partial charge is 0.493 e. The van der Waals surface area contributed by atoms with Gasteiger partial charge >= 0.3 is 7.12 Å². The van der Waals surface area contributed by atoms with Crippen molar-refractivity contribution in [1.29, 1.82) is 0 Å². The first kappa shape index (κ1) is 18.6. The number of fused-ring (bicyclic) bond motifs is 3. The molecule has 3 unspecified atom stereocenters. The van der Waals surface area contributed by atoms with E-state index in [0.717, 1.165) is 35.5 Å². The molecule has 4 aliphatic rings. The zero-order chi connectivity index (χ0) is 19.5. The van der Waals surface area contributed by atoms with E-state index in [1.165, 1.54) is 12.8 Å². The molecule has 4 aliphatic heterocycles. The van der Waals surface area contributed by atoms with Gasteiger partial charge in [-0.1, -0.05) is 6.07 Å². The lowest BCUT2D eigenvalue weighted by Crippen LogP contribution is -2.44. The van der Waals surface area contributed by atoms with Crippen LogP contribution in [0, 0.1) is 0 Å². The minimum absolute atomic E-state index is 0.163. The summed E-state index contributed by atoms with van der Waals surface area (Å²) in [5.41, 5.74) is 2.52. The van der Waals surface area contributed by atoms with Crippen molar-refractivity contribution < 1.29 is 14.0 Å². The quantitative estimate of drug-likeness (QED) is 0.760. The van der Waals surface area contributed by atoms with Crippen LogP contribution in [-0.4, -0.2) is 55.4 Å². The van der Waals surface area contributed by atoms with Gasteiger partial charge in [0.1, 0.15) is 11.9 Å². The summed E-state index contributed by atoms with van der Waals surface area (Å²) >= 11 is 0. The molecule has 0 amide bonds. The molecule has 7 heteroatoms. The Balaban J connectivity index is 1.44. The van der Waals surface area contributed by atoms with Crippen LogP contribution < -0.4 is 20.8 Å². The molecule has 1 aromatic carbocycles. The van der Waals surface area contributed by atoms with Crippen LogP contribution >= 0.6 is 0 Å². The second-order valence-corrected chi connectivity index (χ2v) is 9.36. The Hall–Kier alpha value is -1.41. The van der Waals surface area contributed by atoms with E-state index in [-0.39, 0.29) is 30.5 Å². The highest BCUT2D eigenvalue weighted by atomic mass is 16.7. The lowest BCUT2D eigenvalue weighted by molar-refractivity contribution is 0.00578. The monoisotopic (exact) mass is 383 g/mol. The van der Waals surface area contributed by atoms with E-state index in [4.69, 9.17) is 19.0 Å². The number of nitrogens with one attached hydrogen (secondary N) is 2. The molecule has 0 bridgehead atoms. The standard InChI is InChI=1S/C21H30BN3O3/c1-20(2)21(3,4)28-22(27-20)13-7-8-14-17(12-13)26-11-9-15-18(14)25-19(24-15)16-6-5-10-23-16/h7-8,12,15-16,19,23-24H,5-6,9-11H2,1-4H3. The molecule has 1 aromatic rings. The minimum atomic E-state index is -0.378. The number of aliphatic imine (C=N–C) groups is 1. The molecule has 0 aromatic heterocycles. The Labute approximate surface area is 167 Å². The molecule has 0 spiro atoms. The average Bonchev–Trinajstić information content (AvgIpc) is 3.32. The van der Waals surface area contributed by atoms with E-state index in [1.54, 1.807) is 0 Å². The van der Waals surface area contributed by atoms with Gasteiger partial charge in [0.15, 0.2) is 0 Å². The van der Waals surface area contributed by atoms with Gasteiger partial charge in [-0.15, -0.1) is 0 Å². The summed E-state index contributed by atoms with van der Waals surface area (Å²) in [4.78, 5) is 5.07. The van der Waals surface area contributed by atoms with Crippen molar-refractivity contribution in [2.24, 2.45) is 4.99 Å². The van der Waals surface area contributed by atoms with Gasteiger partial charge in [0.2, 0.25) is 0 Å². The second-order valence-electron chi connectivity index (χ2n) is 9.36. The summed E-state index contributed by atoms with van der Waals surface area (Å²) in [7, 11) is -0.378. The van der Waals surface area contributed by atoms with Gasteiger partial charge in [0.05, 0.1) is 29.6 Å². The predicted molar refractivity (Wildman–Crippen MR) is 111 cm³/mol. The van der Waals surface area contributed by atoms with Crippen LogP contribution in [0.25, 0.3) is 0 Å². The molecule has 3 atom stereocenters. The summed E-state index contributed by atoms with van der Waals surface area (Å²) in [6.07, 6.45) is 3.51. The first-order valence-corrected chi connectivity index (χ1v) is 10.5. The van der Waals surface area contributed by atoms with Crippen molar-refractivity contribution >= 4 is 18.3 Å². The fourth-order valence-electron chi connectivity index (χ4n) is 4.51. The molecule has 2 saturated heterocycles. The van der Waals surface area contributed by atoms with Crippen LogP contribution in [0.15, 0.2) is 23.2 Å². The van der Waals surface area contributed by atoms with Crippen LogP contribution in [0.5, 0.6) is 5.75 Å². The lowest BCUT2D eigenvalue weighted by atomic mass is 9.78. The number of benzene rings is 1. The average molecular weight is 383 g/mol. The van der Waals surface area contributed by atoms with Gasteiger partial charge < -0.3 is 19.4 Å². The largest absolute Gasteiger partial charge is 0.494 e. The van der Waals surface area contributed by atoms with Crippen molar-refractivity contribution in [1.82, 2.24) is 10.6 Å². The first-order valence-electron chi connectivity index (χ1n) is 10.5. The molecule has 0 saturated carbocycles. The SMILES string of the molecule is CC1(C)OB(c2ccc3c(c2)OCCC2NC(C4CCCN4)N=C32)OC1(C)C. The van der Waals surface area contributed by atoms with Gasteiger partial charge in [-0.25, -0.2) is 0 Å². The van der Waals surface area contributed by atoms with Crippen LogP contribution in [0.3, 0.4) is 0 Å². The molecule has 4 heterocycles. The number of hydrogen-bond acceptors (Lipinski definition) is 6. The fourth-order valence-corrected chi connectivity index (χ4v) is 4.51. The molecule has 2 N–H and O–H groups in total. The third-order valence-electron chi connectivity index (χ3n) is 6.93. The highest BCUT2D eigenvalue weighted by Crippen LogP contribution is 2.37. The van der Waals surface area contributed by atoms with Crippen molar-refractivity contribution in [3.63, 3.8) is 0 Å². The fraction of sp³-hybridized carbons (Fsp3) is 0.667. The van der Waals surface area contributed by atoms with E-state index < -0.39 is 0 Å². The van der Waals surface area contributed by atoms with Crippen molar-refractivity contribution in [3.8, 4) is 5.75 Å². The molecule has 0 aliphatic carbocycles. The summed E-state index contributed by atoms with van der Waals surface area (Å²) in [5.74, 6) is 0.885. The van der Waals surface area contributed by atoms with Gasteiger partial charge in [0, 0.05) is 18.0 Å². The zero-order valence-electron chi connectivity index (χ0n) is 17.2. The Morgan fingerprint density at radius 2 is 1.89 bits per heavy atom. The Morgan fingerprint density at radius 1 is 1.11 bits per heavy atom. The summed E-state index contributed by atoms with van der Waals surface area (Å²) in [6.45, 7) is 10.1. The topological polar surface area (TPSA) is 64.1 Å². The predicted octanol–water partition coefficient (Wildman–Crippen LogP) is 1.61. The van der Waals surface area contributed by atoms with E-state index in [9.17, 15) is 0 Å². The molecule has 2 fully saturated rings.